The molecule has 1 N–H and O–H groups in total. The van der Waals surface area contributed by atoms with Crippen LogP contribution in [0.3, 0.4) is 0 Å². The van der Waals surface area contributed by atoms with E-state index in [9.17, 15) is 8.42 Å². The van der Waals surface area contributed by atoms with Crippen LogP contribution in [0.1, 0.15) is 6.92 Å². The summed E-state index contributed by atoms with van der Waals surface area (Å²) in [5.74, 6) is -0.0768. The molecule has 0 aromatic carbocycles. The highest BCUT2D eigenvalue weighted by molar-refractivity contribution is 7.93. The summed E-state index contributed by atoms with van der Waals surface area (Å²) < 4.78 is 25.0. The molecule has 0 bridgehead atoms. The van der Waals surface area contributed by atoms with E-state index in [1.54, 1.807) is 6.07 Å². The molecular weight excluding hydrogens is 275 g/mol. The van der Waals surface area contributed by atoms with Crippen LogP contribution in [0.2, 0.25) is 10.4 Å². The quantitative estimate of drug-likeness (QED) is 0.668. The Morgan fingerprint density at radius 1 is 1.50 bits per heavy atom. The van der Waals surface area contributed by atoms with Crippen LogP contribution in [0, 0.1) is 11.3 Å². The van der Waals surface area contributed by atoms with E-state index in [0.29, 0.717) is 0 Å². The Kier molecular flexibility index (Phi) is 3.91. The number of aromatic nitrogens is 2. The zero-order valence-electron chi connectivity index (χ0n) is 7.98. The summed E-state index contributed by atoms with van der Waals surface area (Å²) in [5, 5.41) is 7.11. The number of anilines is 1. The second kappa shape index (κ2) is 4.82. The topological polar surface area (TPSA) is 95.7 Å². The SMILES string of the molecule is CC(C#N)S(=O)(=O)Nc1cc(Cl)nc(Cl)n1. The lowest BCUT2D eigenvalue weighted by Crippen LogP contribution is -2.24. The van der Waals surface area contributed by atoms with Crippen molar-refractivity contribution in [1.82, 2.24) is 9.97 Å². The standard InChI is InChI=1S/C7H6Cl2N4O2S/c1-4(3-10)16(14,15)13-6-2-5(8)11-7(9)12-6/h2,4H,1H3,(H,11,12,13). The lowest BCUT2D eigenvalue weighted by Gasteiger charge is -2.08. The Labute approximate surface area is 102 Å². The maximum atomic E-state index is 11.5. The number of hydrogen-bond donors (Lipinski definition) is 1. The Bertz CT molecular complexity index is 520. The molecule has 1 aromatic heterocycles. The molecule has 0 fully saturated rings. The van der Waals surface area contributed by atoms with Gasteiger partial charge in [-0.1, -0.05) is 11.6 Å². The molecule has 0 aliphatic rings. The zero-order chi connectivity index (χ0) is 12.3. The first-order chi connectivity index (χ1) is 7.35. The van der Waals surface area contributed by atoms with Gasteiger partial charge in [0.25, 0.3) is 0 Å². The first-order valence-corrected chi connectivity index (χ1v) is 6.26. The van der Waals surface area contributed by atoms with Gasteiger partial charge in [-0.2, -0.15) is 10.2 Å². The molecular formula is C7H6Cl2N4O2S. The zero-order valence-corrected chi connectivity index (χ0v) is 10.3. The molecule has 0 saturated carbocycles. The maximum absolute atomic E-state index is 11.5. The molecule has 1 heterocycles. The minimum Gasteiger partial charge on any atom is -0.266 e. The molecule has 1 aromatic rings. The Morgan fingerprint density at radius 3 is 2.62 bits per heavy atom. The minimum atomic E-state index is -3.82. The monoisotopic (exact) mass is 280 g/mol. The molecule has 1 unspecified atom stereocenters. The van der Waals surface area contributed by atoms with Crippen LogP contribution in [0.4, 0.5) is 5.82 Å². The first-order valence-electron chi connectivity index (χ1n) is 3.96. The molecule has 6 nitrogen and oxygen atoms in total. The van der Waals surface area contributed by atoms with Crippen molar-refractivity contribution >= 4 is 39.0 Å². The Hall–Kier alpha value is -1.10. The smallest absolute Gasteiger partial charge is 0.250 e. The molecule has 1 rings (SSSR count). The Balaban J connectivity index is 3.02. The second-order valence-corrected chi connectivity index (χ2v) is 5.49. The van der Waals surface area contributed by atoms with Crippen molar-refractivity contribution < 1.29 is 8.42 Å². The summed E-state index contributed by atoms with van der Waals surface area (Å²) in [6.07, 6.45) is 0. The van der Waals surface area contributed by atoms with Crippen molar-refractivity contribution in [3.8, 4) is 6.07 Å². The van der Waals surface area contributed by atoms with Crippen molar-refractivity contribution in [3.63, 3.8) is 0 Å². The summed E-state index contributed by atoms with van der Waals surface area (Å²) in [6.45, 7) is 1.24. The predicted molar refractivity (Wildman–Crippen MR) is 59.7 cm³/mol. The molecule has 0 spiro atoms. The highest BCUT2D eigenvalue weighted by Gasteiger charge is 2.20. The van der Waals surface area contributed by atoms with Gasteiger partial charge in [-0.05, 0) is 18.5 Å². The molecule has 0 saturated heterocycles. The van der Waals surface area contributed by atoms with Crippen LogP contribution in [0.5, 0.6) is 0 Å². The average Bonchev–Trinajstić information content (AvgIpc) is 2.13. The van der Waals surface area contributed by atoms with Gasteiger partial charge in [0.2, 0.25) is 15.3 Å². The van der Waals surface area contributed by atoms with Gasteiger partial charge in [-0.15, -0.1) is 0 Å². The van der Waals surface area contributed by atoms with E-state index in [1.165, 1.54) is 13.0 Å². The normalized spacial score (nSPS) is 12.9. The fraction of sp³-hybridized carbons (Fsp3) is 0.286. The largest absolute Gasteiger partial charge is 0.266 e. The van der Waals surface area contributed by atoms with Crippen LogP contribution < -0.4 is 4.72 Å². The third kappa shape index (κ3) is 3.20. The Morgan fingerprint density at radius 2 is 2.12 bits per heavy atom. The van der Waals surface area contributed by atoms with E-state index in [1.807, 2.05) is 0 Å². The molecule has 86 valence electrons. The molecule has 0 aliphatic carbocycles. The van der Waals surface area contributed by atoms with Gasteiger partial charge in [0, 0.05) is 6.07 Å². The summed E-state index contributed by atoms with van der Waals surface area (Å²) in [4.78, 5) is 7.16. The van der Waals surface area contributed by atoms with Crippen LogP contribution in [-0.4, -0.2) is 23.6 Å². The lowest BCUT2D eigenvalue weighted by molar-refractivity contribution is 0.597. The predicted octanol–water partition coefficient (Wildman–Crippen LogP) is 1.44. The van der Waals surface area contributed by atoms with Gasteiger partial charge in [0.1, 0.15) is 11.0 Å². The van der Waals surface area contributed by atoms with E-state index in [4.69, 9.17) is 28.5 Å². The third-order valence-corrected chi connectivity index (χ3v) is 3.45. The van der Waals surface area contributed by atoms with Crippen molar-refractivity contribution in [2.45, 2.75) is 12.2 Å². The average molecular weight is 281 g/mol. The highest BCUT2D eigenvalue weighted by Crippen LogP contribution is 2.16. The fourth-order valence-corrected chi connectivity index (χ4v) is 1.87. The number of sulfonamides is 1. The minimum absolute atomic E-state index is 0.00214. The van der Waals surface area contributed by atoms with E-state index < -0.39 is 15.3 Å². The highest BCUT2D eigenvalue weighted by atomic mass is 35.5. The molecule has 0 radical (unpaired) electrons. The maximum Gasteiger partial charge on any atom is 0.250 e. The van der Waals surface area contributed by atoms with Gasteiger partial charge in [0.05, 0.1) is 6.07 Å². The number of rotatable bonds is 3. The van der Waals surface area contributed by atoms with E-state index in [0.717, 1.165) is 0 Å². The summed E-state index contributed by atoms with van der Waals surface area (Å²) in [5.41, 5.74) is 0. The van der Waals surface area contributed by atoms with Crippen LogP contribution in [-0.2, 0) is 10.0 Å². The van der Waals surface area contributed by atoms with Gasteiger partial charge in [-0.3, -0.25) is 4.72 Å². The first kappa shape index (κ1) is 13.0. The van der Waals surface area contributed by atoms with Crippen LogP contribution in [0.15, 0.2) is 6.07 Å². The molecule has 1 atom stereocenters. The van der Waals surface area contributed by atoms with E-state index in [2.05, 4.69) is 14.7 Å². The van der Waals surface area contributed by atoms with Gasteiger partial charge >= 0.3 is 0 Å². The molecule has 0 amide bonds. The number of hydrogen-bond acceptors (Lipinski definition) is 5. The summed E-state index contributed by atoms with van der Waals surface area (Å²) >= 11 is 11.0. The number of halogens is 2. The third-order valence-electron chi connectivity index (χ3n) is 1.56. The molecule has 0 aliphatic heterocycles. The summed E-state index contributed by atoms with van der Waals surface area (Å²) in [6, 6.07) is 2.78. The van der Waals surface area contributed by atoms with Gasteiger partial charge in [0.15, 0.2) is 5.25 Å². The van der Waals surface area contributed by atoms with E-state index >= 15 is 0 Å². The molecule has 9 heteroatoms. The van der Waals surface area contributed by atoms with E-state index in [-0.39, 0.29) is 16.3 Å². The number of nitrogens with one attached hydrogen (secondary N) is 1. The van der Waals surface area contributed by atoms with Crippen LogP contribution >= 0.6 is 23.2 Å². The second-order valence-electron chi connectivity index (χ2n) is 2.76. The summed E-state index contributed by atoms with van der Waals surface area (Å²) in [7, 11) is -3.82. The van der Waals surface area contributed by atoms with Crippen molar-refractivity contribution in [1.29, 1.82) is 5.26 Å². The van der Waals surface area contributed by atoms with Gasteiger partial charge < -0.3 is 0 Å². The number of nitrogens with zero attached hydrogens (tertiary/aromatic N) is 3. The van der Waals surface area contributed by atoms with Crippen molar-refractivity contribution in [2.75, 3.05) is 4.72 Å². The van der Waals surface area contributed by atoms with Crippen LogP contribution in [0.25, 0.3) is 0 Å². The van der Waals surface area contributed by atoms with Crippen molar-refractivity contribution in [2.24, 2.45) is 0 Å². The van der Waals surface area contributed by atoms with Gasteiger partial charge in [-0.25, -0.2) is 13.4 Å². The van der Waals surface area contributed by atoms with Crippen molar-refractivity contribution in [3.05, 3.63) is 16.5 Å². The molecule has 16 heavy (non-hydrogen) atoms. The fourth-order valence-electron chi connectivity index (χ4n) is 0.746. The lowest BCUT2D eigenvalue weighted by atomic mass is 10.5. The number of nitriles is 1.